The van der Waals surface area contributed by atoms with E-state index in [1.165, 1.54) is 0 Å². The molecule has 0 atom stereocenters. The summed E-state index contributed by atoms with van der Waals surface area (Å²) in [7, 11) is 1.55. The molecule has 4 nitrogen and oxygen atoms in total. The summed E-state index contributed by atoms with van der Waals surface area (Å²) in [5.41, 5.74) is 3.07. The predicted molar refractivity (Wildman–Crippen MR) is 111 cm³/mol. The first kappa shape index (κ1) is 21.5. The van der Waals surface area contributed by atoms with Crippen LogP contribution in [-0.4, -0.2) is 31.3 Å². The quantitative estimate of drug-likeness (QED) is 0.385. The summed E-state index contributed by atoms with van der Waals surface area (Å²) in [5, 5.41) is 1.83. The zero-order chi connectivity index (χ0) is 18.7. The van der Waals surface area contributed by atoms with Gasteiger partial charge >= 0.3 is 5.97 Å². The molecule has 27 heavy (non-hydrogen) atoms. The number of hydrogen-bond acceptors (Lipinski definition) is 4. The number of aromatic nitrogens is 1. The van der Waals surface area contributed by atoms with Crippen molar-refractivity contribution in [2.75, 3.05) is 20.3 Å². The Morgan fingerprint density at radius 2 is 1.85 bits per heavy atom. The molecule has 0 aliphatic carbocycles. The summed E-state index contributed by atoms with van der Waals surface area (Å²) in [4.78, 5) is 17.3. The lowest BCUT2D eigenvalue weighted by Crippen LogP contribution is -2.14. The highest BCUT2D eigenvalue weighted by molar-refractivity contribution is 6.34. The lowest BCUT2D eigenvalue weighted by atomic mass is 9.94. The highest BCUT2D eigenvalue weighted by atomic mass is 35.5. The molecule has 0 aliphatic rings. The highest BCUT2D eigenvalue weighted by Crippen LogP contribution is 2.38. The minimum absolute atomic E-state index is 0. The zero-order valence-electron chi connectivity index (χ0n) is 14.8. The number of hydrogen-bond donors (Lipinski definition) is 0. The fourth-order valence-electron chi connectivity index (χ4n) is 2.84. The van der Waals surface area contributed by atoms with Gasteiger partial charge in [0.05, 0.1) is 23.4 Å². The van der Waals surface area contributed by atoms with E-state index < -0.39 is 5.97 Å². The first-order valence-electron chi connectivity index (χ1n) is 8.03. The second-order valence-electron chi connectivity index (χ2n) is 5.72. The summed E-state index contributed by atoms with van der Waals surface area (Å²) in [6.45, 7) is 2.25. The molecule has 0 N–H and O–H groups in total. The fraction of sp³-hybridized carbons (Fsp3) is 0.200. The molecule has 0 fully saturated rings. The van der Waals surface area contributed by atoms with Crippen molar-refractivity contribution in [3.63, 3.8) is 0 Å². The molecule has 1 aromatic heterocycles. The molecule has 0 unspecified atom stereocenters. The van der Waals surface area contributed by atoms with Gasteiger partial charge in [-0.1, -0.05) is 41.4 Å². The number of carbonyl (C=O) groups excluding carboxylic acids is 1. The Morgan fingerprint density at radius 3 is 2.56 bits per heavy atom. The maximum absolute atomic E-state index is 12.8. The van der Waals surface area contributed by atoms with Gasteiger partial charge < -0.3 is 9.47 Å². The average Bonchev–Trinajstić information content (AvgIpc) is 2.62. The van der Waals surface area contributed by atoms with Crippen molar-refractivity contribution < 1.29 is 14.3 Å². The van der Waals surface area contributed by atoms with Crippen molar-refractivity contribution in [2.24, 2.45) is 0 Å². The number of halogens is 3. The molecule has 0 saturated carbocycles. The smallest absolute Gasteiger partial charge is 0.340 e. The van der Waals surface area contributed by atoms with Crippen LogP contribution < -0.4 is 0 Å². The van der Waals surface area contributed by atoms with Crippen LogP contribution in [0, 0.1) is 6.92 Å². The first-order valence-corrected chi connectivity index (χ1v) is 8.79. The van der Waals surface area contributed by atoms with Crippen LogP contribution in [0.2, 0.25) is 10.0 Å². The van der Waals surface area contributed by atoms with E-state index in [-0.39, 0.29) is 19.0 Å². The number of aryl methyl sites for hydroxylation is 1. The van der Waals surface area contributed by atoms with Gasteiger partial charge in [-0.25, -0.2) is 4.79 Å². The number of nitrogens with zero attached hydrogens (tertiary/aromatic N) is 1. The van der Waals surface area contributed by atoms with Gasteiger partial charge in [0.25, 0.3) is 0 Å². The van der Waals surface area contributed by atoms with Crippen molar-refractivity contribution in [3.05, 3.63) is 63.8 Å². The van der Waals surface area contributed by atoms with Crippen molar-refractivity contribution in [3.8, 4) is 11.1 Å². The van der Waals surface area contributed by atoms with Gasteiger partial charge in [-0.05, 0) is 31.2 Å². The lowest BCUT2D eigenvalue weighted by Gasteiger charge is -2.16. The Balaban J connectivity index is 0.00000261. The Labute approximate surface area is 173 Å². The van der Waals surface area contributed by atoms with Crippen molar-refractivity contribution in [1.29, 1.82) is 0 Å². The van der Waals surface area contributed by atoms with E-state index in [9.17, 15) is 4.79 Å². The van der Waals surface area contributed by atoms with Crippen LogP contribution in [0.25, 0.3) is 22.0 Å². The number of carbonyl (C=O) groups is 1. The van der Waals surface area contributed by atoms with Crippen LogP contribution in [0.1, 0.15) is 16.1 Å². The predicted octanol–water partition coefficient (Wildman–Crippen LogP) is 5.74. The van der Waals surface area contributed by atoms with E-state index in [2.05, 4.69) is 4.98 Å². The summed E-state index contributed by atoms with van der Waals surface area (Å²) in [6, 6.07) is 12.7. The molecule has 1 heterocycles. The standard InChI is InChI=1S/C20H17Cl2NO3.ClH/c1-12-18(20(24)26-10-9-25-2)19(14-5-3-4-6-16(14)22)15-11-13(21)7-8-17(15)23-12;/h3-8,11H,9-10H2,1-2H3;1H. The molecular formula is C20H18Cl3NO3. The fourth-order valence-corrected chi connectivity index (χ4v) is 3.24. The van der Waals surface area contributed by atoms with Crippen LogP contribution in [0.4, 0.5) is 0 Å². The van der Waals surface area contributed by atoms with Gasteiger partial charge in [0, 0.05) is 33.7 Å². The summed E-state index contributed by atoms with van der Waals surface area (Å²) in [6.07, 6.45) is 0. The zero-order valence-corrected chi connectivity index (χ0v) is 17.1. The minimum Gasteiger partial charge on any atom is -0.460 e. The topological polar surface area (TPSA) is 48.4 Å². The Kier molecular flexibility index (Phi) is 7.45. The van der Waals surface area contributed by atoms with Crippen LogP contribution in [0.3, 0.4) is 0 Å². The van der Waals surface area contributed by atoms with E-state index in [1.807, 2.05) is 24.3 Å². The van der Waals surface area contributed by atoms with Crippen LogP contribution >= 0.6 is 35.6 Å². The summed E-state index contributed by atoms with van der Waals surface area (Å²) >= 11 is 12.6. The number of benzene rings is 2. The van der Waals surface area contributed by atoms with E-state index in [1.54, 1.807) is 32.2 Å². The largest absolute Gasteiger partial charge is 0.460 e. The molecule has 0 spiro atoms. The molecule has 142 valence electrons. The van der Waals surface area contributed by atoms with Crippen LogP contribution in [0.5, 0.6) is 0 Å². The molecule has 0 radical (unpaired) electrons. The third-order valence-corrected chi connectivity index (χ3v) is 4.56. The average molecular weight is 427 g/mol. The summed E-state index contributed by atoms with van der Waals surface area (Å²) in [5.74, 6) is -0.469. The number of esters is 1. The van der Waals surface area contributed by atoms with Crippen LogP contribution in [-0.2, 0) is 9.47 Å². The van der Waals surface area contributed by atoms with Gasteiger partial charge in [0.1, 0.15) is 6.61 Å². The Bertz CT molecular complexity index is 976. The lowest BCUT2D eigenvalue weighted by molar-refractivity contribution is 0.0388. The summed E-state index contributed by atoms with van der Waals surface area (Å²) < 4.78 is 10.3. The second-order valence-corrected chi connectivity index (χ2v) is 6.56. The third-order valence-electron chi connectivity index (χ3n) is 4.00. The van der Waals surface area contributed by atoms with Gasteiger partial charge in [-0.2, -0.15) is 0 Å². The van der Waals surface area contributed by atoms with E-state index >= 15 is 0 Å². The minimum atomic E-state index is -0.469. The van der Waals surface area contributed by atoms with Crippen molar-refractivity contribution >= 4 is 52.5 Å². The first-order chi connectivity index (χ1) is 12.5. The number of methoxy groups -OCH3 is 1. The number of rotatable bonds is 5. The van der Waals surface area contributed by atoms with E-state index in [4.69, 9.17) is 32.7 Å². The maximum Gasteiger partial charge on any atom is 0.340 e. The van der Waals surface area contributed by atoms with Crippen LogP contribution in [0.15, 0.2) is 42.5 Å². The van der Waals surface area contributed by atoms with E-state index in [0.717, 1.165) is 16.5 Å². The number of ether oxygens (including phenoxy) is 2. The van der Waals surface area contributed by atoms with Gasteiger partial charge in [0.15, 0.2) is 0 Å². The third kappa shape index (κ3) is 4.53. The molecular weight excluding hydrogens is 409 g/mol. The molecule has 0 aliphatic heterocycles. The number of fused-ring (bicyclic) bond motifs is 1. The molecule has 0 bridgehead atoms. The normalized spacial score (nSPS) is 10.5. The molecule has 7 heteroatoms. The van der Waals surface area contributed by atoms with Crippen molar-refractivity contribution in [1.82, 2.24) is 4.98 Å². The molecule has 3 aromatic rings. The Hall–Kier alpha value is -1.85. The van der Waals surface area contributed by atoms with Gasteiger partial charge in [-0.15, -0.1) is 12.4 Å². The number of pyridine rings is 1. The maximum atomic E-state index is 12.8. The molecule has 0 amide bonds. The Morgan fingerprint density at radius 1 is 1.11 bits per heavy atom. The van der Waals surface area contributed by atoms with Crippen molar-refractivity contribution in [2.45, 2.75) is 6.92 Å². The monoisotopic (exact) mass is 425 g/mol. The highest BCUT2D eigenvalue weighted by Gasteiger charge is 2.23. The molecule has 2 aromatic carbocycles. The molecule has 0 saturated heterocycles. The van der Waals surface area contributed by atoms with Gasteiger partial charge in [-0.3, -0.25) is 4.98 Å². The van der Waals surface area contributed by atoms with Gasteiger partial charge in [0.2, 0.25) is 0 Å². The molecule has 3 rings (SSSR count). The SMILES string of the molecule is COCCOC(=O)c1c(C)nc2ccc(Cl)cc2c1-c1ccccc1Cl.Cl. The van der Waals surface area contributed by atoms with E-state index in [0.29, 0.717) is 33.5 Å². The second kappa shape index (κ2) is 9.38.